The van der Waals surface area contributed by atoms with Gasteiger partial charge in [0.15, 0.2) is 0 Å². The molecule has 1 rings (SSSR count). The number of rotatable bonds is 5. The molecule has 0 saturated carbocycles. The van der Waals surface area contributed by atoms with Gasteiger partial charge in [-0.25, -0.2) is 0 Å². The van der Waals surface area contributed by atoms with Crippen molar-refractivity contribution in [3.05, 3.63) is 34.4 Å². The largest absolute Gasteiger partial charge is 0.460 e. The van der Waals surface area contributed by atoms with Crippen LogP contribution in [0.1, 0.15) is 42.5 Å². The Bertz CT molecular complexity index is 429. The maximum atomic E-state index is 11.8. The molecular formula is C16H25NO2. The van der Waals surface area contributed by atoms with Crippen molar-refractivity contribution in [1.82, 2.24) is 0 Å². The third-order valence-corrected chi connectivity index (χ3v) is 3.23. The summed E-state index contributed by atoms with van der Waals surface area (Å²) in [4.78, 5) is 11.8. The SMILES string of the molecule is Cc1cc(C)c(COC(=O)C(N)CC(C)C)c(C)c1. The molecule has 0 aliphatic heterocycles. The summed E-state index contributed by atoms with van der Waals surface area (Å²) < 4.78 is 5.33. The molecule has 0 bridgehead atoms. The molecule has 0 saturated heterocycles. The molecule has 0 fully saturated rings. The normalized spacial score (nSPS) is 12.6. The van der Waals surface area contributed by atoms with E-state index in [1.54, 1.807) is 0 Å². The Morgan fingerprint density at radius 1 is 1.21 bits per heavy atom. The number of benzene rings is 1. The van der Waals surface area contributed by atoms with Gasteiger partial charge >= 0.3 is 5.97 Å². The third-order valence-electron chi connectivity index (χ3n) is 3.23. The van der Waals surface area contributed by atoms with E-state index in [0.29, 0.717) is 18.9 Å². The maximum Gasteiger partial charge on any atom is 0.323 e. The number of nitrogens with two attached hydrogens (primary N) is 1. The first-order valence-corrected chi connectivity index (χ1v) is 6.80. The quantitative estimate of drug-likeness (QED) is 0.831. The van der Waals surface area contributed by atoms with Crippen molar-refractivity contribution in [2.24, 2.45) is 11.7 Å². The Kier molecular flexibility index (Phi) is 5.55. The van der Waals surface area contributed by atoms with E-state index in [0.717, 1.165) is 16.7 Å². The Labute approximate surface area is 116 Å². The first-order valence-electron chi connectivity index (χ1n) is 6.80. The summed E-state index contributed by atoms with van der Waals surface area (Å²) in [6.45, 7) is 10.5. The molecule has 3 heteroatoms. The van der Waals surface area contributed by atoms with E-state index < -0.39 is 6.04 Å². The fourth-order valence-corrected chi connectivity index (χ4v) is 2.29. The topological polar surface area (TPSA) is 52.3 Å². The van der Waals surface area contributed by atoms with Crippen molar-refractivity contribution in [3.63, 3.8) is 0 Å². The highest BCUT2D eigenvalue weighted by Crippen LogP contribution is 2.17. The summed E-state index contributed by atoms with van der Waals surface area (Å²) in [5.41, 5.74) is 10.4. The van der Waals surface area contributed by atoms with Gasteiger partial charge in [-0.3, -0.25) is 4.79 Å². The first kappa shape index (κ1) is 15.7. The van der Waals surface area contributed by atoms with Crippen LogP contribution in [0.3, 0.4) is 0 Å². The Morgan fingerprint density at radius 2 is 1.74 bits per heavy atom. The number of ether oxygens (including phenoxy) is 1. The number of carbonyl (C=O) groups is 1. The average Bonchev–Trinajstić information content (AvgIpc) is 2.26. The number of esters is 1. The Hall–Kier alpha value is -1.35. The van der Waals surface area contributed by atoms with Crippen molar-refractivity contribution in [1.29, 1.82) is 0 Å². The van der Waals surface area contributed by atoms with Crippen LogP contribution < -0.4 is 5.73 Å². The molecule has 1 atom stereocenters. The Balaban J connectivity index is 2.65. The molecule has 3 nitrogen and oxygen atoms in total. The molecule has 0 aliphatic carbocycles. The molecule has 1 aromatic carbocycles. The van der Waals surface area contributed by atoms with Crippen molar-refractivity contribution < 1.29 is 9.53 Å². The molecule has 0 amide bonds. The Morgan fingerprint density at radius 3 is 2.21 bits per heavy atom. The van der Waals surface area contributed by atoms with Crippen molar-refractivity contribution in [2.45, 2.75) is 53.7 Å². The molecule has 1 aromatic rings. The van der Waals surface area contributed by atoms with E-state index in [1.165, 1.54) is 5.56 Å². The lowest BCUT2D eigenvalue weighted by Crippen LogP contribution is -2.33. The van der Waals surface area contributed by atoms with E-state index in [2.05, 4.69) is 19.1 Å². The van der Waals surface area contributed by atoms with Gasteiger partial charge in [0.1, 0.15) is 12.6 Å². The average molecular weight is 263 g/mol. The second-order valence-electron chi connectivity index (χ2n) is 5.72. The molecule has 106 valence electrons. The standard InChI is InChI=1S/C16H25NO2/c1-10(2)6-15(17)16(18)19-9-14-12(4)7-11(3)8-13(14)5/h7-8,10,15H,6,9,17H2,1-5H3. The van der Waals surface area contributed by atoms with Crippen LogP contribution in [0.2, 0.25) is 0 Å². The summed E-state index contributed by atoms with van der Waals surface area (Å²) in [7, 11) is 0. The highest BCUT2D eigenvalue weighted by molar-refractivity contribution is 5.75. The van der Waals surface area contributed by atoms with Gasteiger partial charge < -0.3 is 10.5 Å². The first-order chi connectivity index (χ1) is 8.81. The van der Waals surface area contributed by atoms with Gasteiger partial charge in [0.2, 0.25) is 0 Å². The smallest absolute Gasteiger partial charge is 0.323 e. The summed E-state index contributed by atoms with van der Waals surface area (Å²) in [5, 5.41) is 0. The second-order valence-corrected chi connectivity index (χ2v) is 5.72. The van der Waals surface area contributed by atoms with Gasteiger partial charge in [0, 0.05) is 0 Å². The molecule has 0 aliphatic rings. The van der Waals surface area contributed by atoms with Crippen molar-refractivity contribution in [3.8, 4) is 0 Å². The van der Waals surface area contributed by atoms with Crippen LogP contribution >= 0.6 is 0 Å². The molecular weight excluding hydrogens is 238 g/mol. The number of hydrogen-bond acceptors (Lipinski definition) is 3. The minimum absolute atomic E-state index is 0.308. The molecule has 0 aromatic heterocycles. The van der Waals surface area contributed by atoms with E-state index >= 15 is 0 Å². The van der Waals surface area contributed by atoms with Gasteiger partial charge in [0.25, 0.3) is 0 Å². The summed E-state index contributed by atoms with van der Waals surface area (Å²) in [6.07, 6.45) is 0.657. The van der Waals surface area contributed by atoms with Crippen LogP contribution in [0.4, 0.5) is 0 Å². The van der Waals surface area contributed by atoms with E-state index in [4.69, 9.17) is 10.5 Å². The van der Waals surface area contributed by atoms with Crippen LogP contribution in [0.15, 0.2) is 12.1 Å². The summed E-state index contributed by atoms with van der Waals surface area (Å²) in [5.74, 6) is 0.0819. The van der Waals surface area contributed by atoms with Crippen LogP contribution in [0.5, 0.6) is 0 Å². The van der Waals surface area contributed by atoms with Crippen molar-refractivity contribution >= 4 is 5.97 Å². The lowest BCUT2D eigenvalue weighted by Gasteiger charge is -2.15. The molecule has 2 N–H and O–H groups in total. The number of hydrogen-bond donors (Lipinski definition) is 1. The maximum absolute atomic E-state index is 11.8. The monoisotopic (exact) mass is 263 g/mol. The molecule has 0 spiro atoms. The van der Waals surface area contributed by atoms with Crippen LogP contribution in [-0.4, -0.2) is 12.0 Å². The molecule has 1 unspecified atom stereocenters. The third kappa shape index (κ3) is 4.67. The minimum Gasteiger partial charge on any atom is -0.460 e. The zero-order valence-electron chi connectivity index (χ0n) is 12.6. The van der Waals surface area contributed by atoms with Gasteiger partial charge in [-0.05, 0) is 49.8 Å². The van der Waals surface area contributed by atoms with Crippen LogP contribution in [0, 0.1) is 26.7 Å². The summed E-state index contributed by atoms with van der Waals surface area (Å²) >= 11 is 0. The number of carbonyl (C=O) groups excluding carboxylic acids is 1. The molecule has 0 radical (unpaired) electrons. The van der Waals surface area contributed by atoms with E-state index in [9.17, 15) is 4.79 Å². The predicted molar refractivity (Wildman–Crippen MR) is 77.9 cm³/mol. The predicted octanol–water partition coefficient (Wildman–Crippen LogP) is 3.03. The lowest BCUT2D eigenvalue weighted by molar-refractivity contribution is -0.146. The molecule has 0 heterocycles. The van der Waals surface area contributed by atoms with Gasteiger partial charge in [0.05, 0.1) is 0 Å². The highest BCUT2D eigenvalue weighted by Gasteiger charge is 2.17. The van der Waals surface area contributed by atoms with Gasteiger partial charge in [-0.2, -0.15) is 0 Å². The second kappa shape index (κ2) is 6.71. The lowest BCUT2D eigenvalue weighted by atomic mass is 10.0. The van der Waals surface area contributed by atoms with E-state index in [-0.39, 0.29) is 5.97 Å². The van der Waals surface area contributed by atoms with Crippen LogP contribution in [0.25, 0.3) is 0 Å². The highest BCUT2D eigenvalue weighted by atomic mass is 16.5. The fraction of sp³-hybridized carbons (Fsp3) is 0.562. The zero-order valence-corrected chi connectivity index (χ0v) is 12.6. The van der Waals surface area contributed by atoms with Gasteiger partial charge in [-0.15, -0.1) is 0 Å². The zero-order chi connectivity index (χ0) is 14.6. The fourth-order valence-electron chi connectivity index (χ4n) is 2.29. The van der Waals surface area contributed by atoms with Gasteiger partial charge in [-0.1, -0.05) is 31.5 Å². The van der Waals surface area contributed by atoms with E-state index in [1.807, 2.05) is 27.7 Å². The molecule has 19 heavy (non-hydrogen) atoms. The summed E-state index contributed by atoms with van der Waals surface area (Å²) in [6, 6.07) is 3.68. The number of aryl methyl sites for hydroxylation is 3. The van der Waals surface area contributed by atoms with Crippen molar-refractivity contribution in [2.75, 3.05) is 0 Å². The minimum atomic E-state index is -0.522. The van der Waals surface area contributed by atoms with Crippen LogP contribution in [-0.2, 0) is 16.1 Å².